The SMILES string of the molecule is NCCOc1cccc(Oc2ccccc2CCc2ccccc2)c1. The highest BCUT2D eigenvalue weighted by Crippen LogP contribution is 2.28. The molecule has 25 heavy (non-hydrogen) atoms. The van der Waals surface area contributed by atoms with E-state index in [1.165, 1.54) is 11.1 Å². The minimum Gasteiger partial charge on any atom is -0.492 e. The first-order valence-electron chi connectivity index (χ1n) is 8.58. The van der Waals surface area contributed by atoms with Crippen molar-refractivity contribution in [2.24, 2.45) is 5.73 Å². The van der Waals surface area contributed by atoms with E-state index >= 15 is 0 Å². The molecule has 3 heteroatoms. The summed E-state index contributed by atoms with van der Waals surface area (Å²) >= 11 is 0. The van der Waals surface area contributed by atoms with Crippen LogP contribution in [0, 0.1) is 0 Å². The van der Waals surface area contributed by atoms with E-state index in [4.69, 9.17) is 15.2 Å². The standard InChI is InChI=1S/C22H23NO2/c23-15-16-24-20-10-6-11-21(17-20)25-22-12-5-4-9-19(22)14-13-18-7-2-1-3-8-18/h1-12,17H,13-16,23H2. The topological polar surface area (TPSA) is 44.5 Å². The Kier molecular flexibility index (Phi) is 6.07. The van der Waals surface area contributed by atoms with Gasteiger partial charge in [-0.15, -0.1) is 0 Å². The number of rotatable bonds is 8. The number of hydrogen-bond acceptors (Lipinski definition) is 3. The van der Waals surface area contributed by atoms with Crippen molar-refractivity contribution >= 4 is 0 Å². The summed E-state index contributed by atoms with van der Waals surface area (Å²) in [6.45, 7) is 0.991. The Hall–Kier alpha value is -2.78. The van der Waals surface area contributed by atoms with Crippen molar-refractivity contribution in [1.82, 2.24) is 0 Å². The number of ether oxygens (including phenoxy) is 2. The molecule has 0 aromatic heterocycles. The molecule has 0 saturated heterocycles. The highest BCUT2D eigenvalue weighted by molar-refractivity contribution is 5.40. The smallest absolute Gasteiger partial charge is 0.131 e. The van der Waals surface area contributed by atoms with Crippen LogP contribution in [0.15, 0.2) is 78.9 Å². The lowest BCUT2D eigenvalue weighted by Gasteiger charge is -2.12. The van der Waals surface area contributed by atoms with Crippen LogP contribution in [-0.4, -0.2) is 13.2 Å². The second-order valence-electron chi connectivity index (χ2n) is 5.81. The molecule has 2 N–H and O–H groups in total. The third kappa shape index (κ3) is 5.10. The molecule has 3 nitrogen and oxygen atoms in total. The van der Waals surface area contributed by atoms with Crippen LogP contribution in [0.1, 0.15) is 11.1 Å². The Morgan fingerprint density at radius 1 is 0.720 bits per heavy atom. The Balaban J connectivity index is 1.70. The van der Waals surface area contributed by atoms with Gasteiger partial charge in [0.2, 0.25) is 0 Å². The summed E-state index contributed by atoms with van der Waals surface area (Å²) in [5.74, 6) is 2.42. The van der Waals surface area contributed by atoms with Crippen LogP contribution in [0.3, 0.4) is 0 Å². The van der Waals surface area contributed by atoms with E-state index in [0.717, 1.165) is 30.1 Å². The minimum absolute atomic E-state index is 0.493. The average molecular weight is 333 g/mol. The minimum atomic E-state index is 0.493. The largest absolute Gasteiger partial charge is 0.492 e. The summed E-state index contributed by atoms with van der Waals surface area (Å²) < 4.78 is 11.7. The molecule has 0 fully saturated rings. The van der Waals surface area contributed by atoms with Crippen LogP contribution in [0.2, 0.25) is 0 Å². The van der Waals surface area contributed by atoms with Gasteiger partial charge in [-0.3, -0.25) is 0 Å². The van der Waals surface area contributed by atoms with Gasteiger partial charge in [0.05, 0.1) is 0 Å². The molecule has 0 heterocycles. The Labute approximate surface area is 149 Å². The van der Waals surface area contributed by atoms with Crippen molar-refractivity contribution in [3.8, 4) is 17.2 Å². The van der Waals surface area contributed by atoms with E-state index in [9.17, 15) is 0 Å². The average Bonchev–Trinajstić information content (AvgIpc) is 2.67. The van der Waals surface area contributed by atoms with Gasteiger partial charge in [-0.25, -0.2) is 0 Å². The molecule has 0 aliphatic carbocycles. The van der Waals surface area contributed by atoms with Crippen LogP contribution in [0.4, 0.5) is 0 Å². The molecule has 0 spiro atoms. The van der Waals surface area contributed by atoms with Crippen molar-refractivity contribution in [2.45, 2.75) is 12.8 Å². The van der Waals surface area contributed by atoms with Crippen LogP contribution in [-0.2, 0) is 12.8 Å². The number of hydrogen-bond donors (Lipinski definition) is 1. The number of para-hydroxylation sites is 1. The molecule has 0 aliphatic rings. The summed E-state index contributed by atoms with van der Waals surface area (Å²) in [4.78, 5) is 0. The summed E-state index contributed by atoms with van der Waals surface area (Å²) in [6, 6.07) is 26.3. The van der Waals surface area contributed by atoms with Gasteiger partial charge in [0.15, 0.2) is 0 Å². The second-order valence-corrected chi connectivity index (χ2v) is 5.81. The fourth-order valence-electron chi connectivity index (χ4n) is 2.66. The quantitative estimate of drug-likeness (QED) is 0.655. The maximum absolute atomic E-state index is 6.11. The van der Waals surface area contributed by atoms with Gasteiger partial charge in [0.1, 0.15) is 23.9 Å². The van der Waals surface area contributed by atoms with Crippen LogP contribution in [0.25, 0.3) is 0 Å². The first-order valence-corrected chi connectivity index (χ1v) is 8.58. The molecule has 0 unspecified atom stereocenters. The third-order valence-electron chi connectivity index (χ3n) is 3.92. The van der Waals surface area contributed by atoms with Crippen molar-refractivity contribution < 1.29 is 9.47 Å². The molecule has 0 bridgehead atoms. The van der Waals surface area contributed by atoms with Crippen molar-refractivity contribution in [3.63, 3.8) is 0 Å². The van der Waals surface area contributed by atoms with Gasteiger partial charge in [-0.05, 0) is 42.2 Å². The van der Waals surface area contributed by atoms with Gasteiger partial charge in [0.25, 0.3) is 0 Å². The Morgan fingerprint density at radius 2 is 1.48 bits per heavy atom. The summed E-state index contributed by atoms with van der Waals surface area (Å²) in [7, 11) is 0. The molecule has 0 amide bonds. The van der Waals surface area contributed by atoms with Crippen molar-refractivity contribution in [3.05, 3.63) is 90.0 Å². The van der Waals surface area contributed by atoms with Gasteiger partial charge in [0, 0.05) is 12.6 Å². The molecule has 128 valence electrons. The first kappa shape index (κ1) is 17.1. The molecule has 0 atom stereocenters. The summed E-state index contributed by atoms with van der Waals surface area (Å²) in [5.41, 5.74) is 8.01. The van der Waals surface area contributed by atoms with Crippen LogP contribution >= 0.6 is 0 Å². The molecule has 0 aliphatic heterocycles. The van der Waals surface area contributed by atoms with E-state index in [1.807, 2.05) is 48.5 Å². The third-order valence-corrected chi connectivity index (χ3v) is 3.92. The first-order chi connectivity index (χ1) is 12.3. The lowest BCUT2D eigenvalue weighted by atomic mass is 10.0. The zero-order valence-electron chi connectivity index (χ0n) is 14.2. The monoisotopic (exact) mass is 333 g/mol. The zero-order chi connectivity index (χ0) is 17.3. The van der Waals surface area contributed by atoms with Gasteiger partial charge < -0.3 is 15.2 Å². The predicted octanol–water partition coefficient (Wildman–Crippen LogP) is 4.60. The maximum Gasteiger partial charge on any atom is 0.131 e. The predicted molar refractivity (Wildman–Crippen MR) is 101 cm³/mol. The lowest BCUT2D eigenvalue weighted by molar-refractivity contribution is 0.326. The molecule has 3 aromatic carbocycles. The number of nitrogens with two attached hydrogens (primary N) is 1. The van der Waals surface area contributed by atoms with Crippen molar-refractivity contribution in [1.29, 1.82) is 0 Å². The Morgan fingerprint density at radius 3 is 2.32 bits per heavy atom. The summed E-state index contributed by atoms with van der Waals surface area (Å²) in [5, 5.41) is 0. The highest BCUT2D eigenvalue weighted by atomic mass is 16.5. The van der Waals surface area contributed by atoms with E-state index in [2.05, 4.69) is 30.3 Å². The molecule has 0 radical (unpaired) electrons. The molecule has 3 rings (SSSR count). The lowest BCUT2D eigenvalue weighted by Crippen LogP contribution is -2.10. The maximum atomic E-state index is 6.11. The van der Waals surface area contributed by atoms with Gasteiger partial charge in [-0.2, -0.15) is 0 Å². The van der Waals surface area contributed by atoms with E-state index in [1.54, 1.807) is 0 Å². The molecular formula is C22H23NO2. The van der Waals surface area contributed by atoms with E-state index < -0.39 is 0 Å². The second kappa shape index (κ2) is 8.90. The van der Waals surface area contributed by atoms with Crippen LogP contribution in [0.5, 0.6) is 17.2 Å². The highest BCUT2D eigenvalue weighted by Gasteiger charge is 2.06. The van der Waals surface area contributed by atoms with E-state index in [-0.39, 0.29) is 0 Å². The zero-order valence-corrected chi connectivity index (χ0v) is 14.2. The van der Waals surface area contributed by atoms with E-state index in [0.29, 0.717) is 13.2 Å². The number of aryl methyl sites for hydroxylation is 2. The fraction of sp³-hybridized carbons (Fsp3) is 0.182. The fourth-order valence-corrected chi connectivity index (χ4v) is 2.66. The Bertz CT molecular complexity index is 787. The normalized spacial score (nSPS) is 10.4. The van der Waals surface area contributed by atoms with Gasteiger partial charge >= 0.3 is 0 Å². The molecule has 0 saturated carbocycles. The summed E-state index contributed by atoms with van der Waals surface area (Å²) in [6.07, 6.45) is 1.92. The molecular weight excluding hydrogens is 310 g/mol. The number of benzene rings is 3. The van der Waals surface area contributed by atoms with Gasteiger partial charge in [-0.1, -0.05) is 54.6 Å². The molecule has 3 aromatic rings. The van der Waals surface area contributed by atoms with Crippen molar-refractivity contribution in [2.75, 3.05) is 13.2 Å². The van der Waals surface area contributed by atoms with Crippen LogP contribution < -0.4 is 15.2 Å².